The van der Waals surface area contributed by atoms with Gasteiger partial charge in [-0.05, 0) is 50.1 Å². The molecule has 2 fully saturated rings. The summed E-state index contributed by atoms with van der Waals surface area (Å²) in [5.74, 6) is 1.01. The Bertz CT molecular complexity index is 873. The molecular weight excluding hydrogens is 434 g/mol. The van der Waals surface area contributed by atoms with E-state index < -0.39 is 0 Å². The predicted molar refractivity (Wildman–Crippen MR) is 123 cm³/mol. The summed E-state index contributed by atoms with van der Waals surface area (Å²) >= 11 is 7.85. The minimum atomic E-state index is -0.224. The van der Waals surface area contributed by atoms with Crippen molar-refractivity contribution in [2.24, 2.45) is 5.41 Å². The molecule has 0 bridgehead atoms. The van der Waals surface area contributed by atoms with Crippen LogP contribution in [0.4, 0.5) is 0 Å². The van der Waals surface area contributed by atoms with Gasteiger partial charge < -0.3 is 14.4 Å². The monoisotopic (exact) mass is 463 g/mol. The third kappa shape index (κ3) is 5.98. The van der Waals surface area contributed by atoms with Crippen molar-refractivity contribution in [1.29, 1.82) is 0 Å². The number of thiazole rings is 1. The number of hydrogen-bond acceptors (Lipinski definition) is 6. The van der Waals surface area contributed by atoms with Crippen LogP contribution < -0.4 is 4.74 Å². The minimum Gasteiger partial charge on any atom is -0.493 e. The van der Waals surface area contributed by atoms with E-state index in [2.05, 4.69) is 9.88 Å². The maximum absolute atomic E-state index is 13.2. The number of aryl methyl sites for hydroxylation is 1. The lowest BCUT2D eigenvalue weighted by molar-refractivity contribution is -0.139. The van der Waals surface area contributed by atoms with Gasteiger partial charge in [0.25, 0.3) is 0 Å². The summed E-state index contributed by atoms with van der Waals surface area (Å²) in [5, 5.41) is 3.86. The molecule has 3 heterocycles. The third-order valence-corrected chi connectivity index (χ3v) is 7.34. The largest absolute Gasteiger partial charge is 0.493 e. The SMILES string of the molecule is Cc1cc(OCC2(CC(=O)N3CCOCC3)CCCN(Cc3nccs3)C2)ccc1Cl. The Morgan fingerprint density at radius 3 is 2.90 bits per heavy atom. The standard InChI is InChI=1S/C23H30ClN3O3S/c1-18-13-19(3-4-20(18)24)30-17-23(14-22(28)27-8-10-29-11-9-27)5-2-7-26(16-23)15-21-25-6-12-31-21/h3-4,6,12-13H,2,5,7-11,14-17H2,1H3. The number of benzene rings is 1. The number of rotatable bonds is 7. The number of halogens is 1. The van der Waals surface area contributed by atoms with Crippen LogP contribution in [0.15, 0.2) is 29.8 Å². The summed E-state index contributed by atoms with van der Waals surface area (Å²) in [6, 6.07) is 5.74. The second kappa shape index (κ2) is 10.3. The summed E-state index contributed by atoms with van der Waals surface area (Å²) in [6.45, 7) is 7.75. The van der Waals surface area contributed by atoms with E-state index in [1.165, 1.54) is 0 Å². The number of amides is 1. The number of likely N-dealkylation sites (tertiary alicyclic amines) is 1. The molecule has 2 aromatic rings. The van der Waals surface area contributed by atoms with Crippen LogP contribution in [0.2, 0.25) is 5.02 Å². The molecule has 0 saturated carbocycles. The van der Waals surface area contributed by atoms with Crippen molar-refractivity contribution in [1.82, 2.24) is 14.8 Å². The zero-order valence-electron chi connectivity index (χ0n) is 18.0. The van der Waals surface area contributed by atoms with Crippen molar-refractivity contribution in [3.8, 4) is 5.75 Å². The molecule has 0 N–H and O–H groups in total. The maximum Gasteiger partial charge on any atom is 0.223 e. The number of nitrogens with zero attached hydrogens (tertiary/aromatic N) is 3. The van der Waals surface area contributed by atoms with E-state index in [1.807, 2.05) is 41.6 Å². The van der Waals surface area contributed by atoms with E-state index >= 15 is 0 Å². The smallest absolute Gasteiger partial charge is 0.223 e. The second-order valence-electron chi connectivity index (χ2n) is 8.61. The first kappa shape index (κ1) is 22.5. The van der Waals surface area contributed by atoms with E-state index in [0.717, 1.165) is 53.8 Å². The molecule has 4 rings (SSSR count). The van der Waals surface area contributed by atoms with Gasteiger partial charge in [-0.15, -0.1) is 11.3 Å². The van der Waals surface area contributed by atoms with Crippen LogP contribution in [0.25, 0.3) is 0 Å². The van der Waals surface area contributed by atoms with Crippen molar-refractivity contribution < 1.29 is 14.3 Å². The zero-order chi connectivity index (χ0) is 21.7. The minimum absolute atomic E-state index is 0.204. The van der Waals surface area contributed by atoms with Gasteiger partial charge in [0.15, 0.2) is 0 Å². The quantitative estimate of drug-likeness (QED) is 0.620. The van der Waals surface area contributed by atoms with E-state index in [4.69, 9.17) is 21.1 Å². The van der Waals surface area contributed by atoms with Crippen LogP contribution in [-0.2, 0) is 16.1 Å². The molecule has 1 amide bonds. The normalized spacial score (nSPS) is 22.5. The predicted octanol–water partition coefficient (Wildman–Crippen LogP) is 4.02. The first-order valence-electron chi connectivity index (χ1n) is 10.9. The van der Waals surface area contributed by atoms with Crippen molar-refractivity contribution in [3.05, 3.63) is 45.4 Å². The van der Waals surface area contributed by atoms with Crippen molar-refractivity contribution in [3.63, 3.8) is 0 Å². The van der Waals surface area contributed by atoms with Crippen LogP contribution in [0.5, 0.6) is 5.75 Å². The molecular formula is C23H30ClN3O3S. The van der Waals surface area contributed by atoms with E-state index in [0.29, 0.717) is 39.3 Å². The molecule has 0 spiro atoms. The fourth-order valence-corrected chi connectivity index (χ4v) is 5.24. The summed E-state index contributed by atoms with van der Waals surface area (Å²) in [6.07, 6.45) is 4.37. The lowest BCUT2D eigenvalue weighted by Crippen LogP contribution is -2.50. The fraction of sp³-hybridized carbons (Fsp3) is 0.565. The van der Waals surface area contributed by atoms with Crippen molar-refractivity contribution >= 4 is 28.8 Å². The molecule has 2 aliphatic rings. The molecule has 31 heavy (non-hydrogen) atoms. The summed E-state index contributed by atoms with van der Waals surface area (Å²) in [5.41, 5.74) is 0.768. The zero-order valence-corrected chi connectivity index (χ0v) is 19.6. The van der Waals surface area contributed by atoms with Gasteiger partial charge in [-0.2, -0.15) is 0 Å². The summed E-state index contributed by atoms with van der Waals surface area (Å²) < 4.78 is 11.7. The molecule has 1 atom stereocenters. The number of hydrogen-bond donors (Lipinski definition) is 0. The number of aromatic nitrogens is 1. The fourth-order valence-electron chi connectivity index (χ4n) is 4.47. The molecule has 2 saturated heterocycles. The molecule has 168 valence electrons. The molecule has 1 aromatic carbocycles. The highest BCUT2D eigenvalue weighted by Gasteiger charge is 2.40. The highest BCUT2D eigenvalue weighted by Crippen LogP contribution is 2.36. The Labute approximate surface area is 193 Å². The van der Waals surface area contributed by atoms with Gasteiger partial charge in [0.1, 0.15) is 10.8 Å². The molecule has 6 nitrogen and oxygen atoms in total. The molecule has 1 unspecified atom stereocenters. The first-order valence-corrected chi connectivity index (χ1v) is 12.1. The number of carbonyl (C=O) groups excluding carboxylic acids is 1. The van der Waals surface area contributed by atoms with Gasteiger partial charge in [-0.1, -0.05) is 11.6 Å². The lowest BCUT2D eigenvalue weighted by atomic mass is 9.77. The number of morpholine rings is 1. The van der Waals surface area contributed by atoms with Gasteiger partial charge in [-0.25, -0.2) is 4.98 Å². The van der Waals surface area contributed by atoms with E-state index in [-0.39, 0.29) is 11.3 Å². The third-order valence-electron chi connectivity index (χ3n) is 6.15. The van der Waals surface area contributed by atoms with E-state index in [1.54, 1.807) is 11.3 Å². The molecule has 0 aliphatic carbocycles. The molecule has 8 heteroatoms. The van der Waals surface area contributed by atoms with Crippen LogP contribution in [0.1, 0.15) is 29.8 Å². The number of ether oxygens (including phenoxy) is 2. The van der Waals surface area contributed by atoms with Crippen LogP contribution in [0, 0.1) is 12.3 Å². The Hall–Kier alpha value is -1.67. The van der Waals surface area contributed by atoms with Gasteiger partial charge in [-0.3, -0.25) is 9.69 Å². The highest BCUT2D eigenvalue weighted by molar-refractivity contribution is 7.09. The van der Waals surface area contributed by atoms with Gasteiger partial charge >= 0.3 is 0 Å². The second-order valence-corrected chi connectivity index (χ2v) is 10.00. The van der Waals surface area contributed by atoms with Crippen molar-refractivity contribution in [2.75, 3.05) is 46.0 Å². The van der Waals surface area contributed by atoms with Crippen LogP contribution in [0.3, 0.4) is 0 Å². The average molecular weight is 464 g/mol. The lowest BCUT2D eigenvalue weighted by Gasteiger charge is -2.43. The summed E-state index contributed by atoms with van der Waals surface area (Å²) in [4.78, 5) is 22.0. The average Bonchev–Trinajstić information content (AvgIpc) is 3.28. The van der Waals surface area contributed by atoms with Crippen LogP contribution in [-0.4, -0.2) is 66.7 Å². The van der Waals surface area contributed by atoms with Crippen LogP contribution >= 0.6 is 22.9 Å². The maximum atomic E-state index is 13.2. The topological polar surface area (TPSA) is 54.9 Å². The van der Waals surface area contributed by atoms with Gasteiger partial charge in [0.05, 0.1) is 26.4 Å². The van der Waals surface area contributed by atoms with Gasteiger partial charge in [0, 0.05) is 48.1 Å². The Balaban J connectivity index is 1.48. The molecule has 1 aromatic heterocycles. The summed E-state index contributed by atoms with van der Waals surface area (Å²) in [7, 11) is 0. The highest BCUT2D eigenvalue weighted by atomic mass is 35.5. The molecule has 0 radical (unpaired) electrons. The Kier molecular flexibility index (Phi) is 7.48. The molecule has 2 aliphatic heterocycles. The van der Waals surface area contributed by atoms with Crippen molar-refractivity contribution in [2.45, 2.75) is 32.7 Å². The first-order chi connectivity index (χ1) is 15.0. The van der Waals surface area contributed by atoms with Gasteiger partial charge in [0.2, 0.25) is 5.91 Å². The number of piperidine rings is 1. The number of carbonyl (C=O) groups is 1. The Morgan fingerprint density at radius 2 is 2.16 bits per heavy atom. The Morgan fingerprint density at radius 1 is 1.32 bits per heavy atom. The van der Waals surface area contributed by atoms with E-state index in [9.17, 15) is 4.79 Å².